The molecule has 17 heteroatoms. The van der Waals surface area contributed by atoms with Crippen LogP contribution in [-0.2, 0) is 53.9 Å². The maximum Gasteiger partial charge on any atom is 0.410 e. The summed E-state index contributed by atoms with van der Waals surface area (Å²) >= 11 is 6.66. The Balaban J connectivity index is 1.41. The lowest BCUT2D eigenvalue weighted by atomic mass is 9.73. The molecule has 0 spiro atoms. The number of aromatic nitrogens is 1. The molecule has 1 amide bonds. The minimum atomic E-state index is -1.45. The van der Waals surface area contributed by atoms with E-state index in [4.69, 9.17) is 49.5 Å². The highest BCUT2D eigenvalue weighted by atomic mass is 35.5. The summed E-state index contributed by atoms with van der Waals surface area (Å²) in [4.78, 5) is 52.4. The number of likely N-dealkylation sites (N-methyl/N-ethyl adjacent to an activating group) is 1. The van der Waals surface area contributed by atoms with Gasteiger partial charge < -0.3 is 57.9 Å². The maximum absolute atomic E-state index is 15.1. The number of cyclic esters (lactones) is 1. The largest absolute Gasteiger partial charge is 0.458 e. The van der Waals surface area contributed by atoms with E-state index in [2.05, 4.69) is 4.98 Å². The number of halogens is 1. The number of hydrogen-bond acceptors (Lipinski definition) is 15. The van der Waals surface area contributed by atoms with Crippen molar-refractivity contribution in [2.24, 2.45) is 23.7 Å². The van der Waals surface area contributed by atoms with Gasteiger partial charge in [-0.3, -0.25) is 9.59 Å². The number of ether oxygens (including phenoxy) is 8. The van der Waals surface area contributed by atoms with Gasteiger partial charge in [0.1, 0.15) is 29.2 Å². The van der Waals surface area contributed by atoms with Crippen LogP contribution in [0.25, 0.3) is 10.9 Å². The Morgan fingerprint density at radius 3 is 2.25 bits per heavy atom. The highest BCUT2D eigenvalue weighted by molar-refractivity contribution is 6.30. The predicted molar refractivity (Wildman–Crippen MR) is 255 cm³/mol. The monoisotopic (exact) mass is 976 g/mol. The van der Waals surface area contributed by atoms with Crippen molar-refractivity contribution in [2.75, 3.05) is 34.9 Å². The van der Waals surface area contributed by atoms with Crippen LogP contribution in [0.4, 0.5) is 4.79 Å². The summed E-state index contributed by atoms with van der Waals surface area (Å²) in [6.45, 7) is 18.4. The molecule has 5 heterocycles. The molecule has 2 aromatic rings. The number of aliphatic hydroxyl groups is 2. The number of esters is 1. The van der Waals surface area contributed by atoms with Crippen molar-refractivity contribution >= 4 is 40.3 Å². The van der Waals surface area contributed by atoms with Crippen molar-refractivity contribution in [1.29, 1.82) is 0 Å². The normalized spacial score (nSPS) is 41.1. The van der Waals surface area contributed by atoms with Crippen LogP contribution in [0.5, 0.6) is 0 Å². The van der Waals surface area contributed by atoms with Gasteiger partial charge in [0, 0.05) is 56.4 Å². The van der Waals surface area contributed by atoms with E-state index in [1.807, 2.05) is 83.9 Å². The zero-order valence-corrected chi connectivity index (χ0v) is 43.4. The lowest BCUT2D eigenvalue weighted by Crippen LogP contribution is -2.61. The van der Waals surface area contributed by atoms with Crippen molar-refractivity contribution in [2.45, 2.75) is 192 Å². The molecule has 4 saturated heterocycles. The fourth-order valence-corrected chi connectivity index (χ4v) is 11.9. The number of rotatable bonds is 12. The van der Waals surface area contributed by atoms with E-state index in [1.165, 1.54) is 7.11 Å². The highest BCUT2D eigenvalue weighted by Gasteiger charge is 2.61. The summed E-state index contributed by atoms with van der Waals surface area (Å²) in [5.74, 6) is -4.00. The molecule has 68 heavy (non-hydrogen) atoms. The quantitative estimate of drug-likeness (QED) is 0.168. The zero-order valence-electron chi connectivity index (χ0n) is 42.6. The molecule has 6 rings (SSSR count). The Labute approximate surface area is 407 Å². The van der Waals surface area contributed by atoms with Crippen molar-refractivity contribution in [3.63, 3.8) is 0 Å². The molecule has 4 aliphatic heterocycles. The molecule has 4 aliphatic rings. The van der Waals surface area contributed by atoms with Gasteiger partial charge in [-0.25, -0.2) is 9.78 Å². The van der Waals surface area contributed by atoms with Gasteiger partial charge >= 0.3 is 12.1 Å². The van der Waals surface area contributed by atoms with Crippen molar-refractivity contribution in [3.05, 3.63) is 41.0 Å². The Morgan fingerprint density at radius 1 is 0.926 bits per heavy atom. The number of benzene rings is 1. The number of pyridine rings is 1. The smallest absolute Gasteiger partial charge is 0.410 e. The maximum atomic E-state index is 15.1. The number of Topliss-reactive ketones (excluding diaryl/α,β-unsaturated/α-hetero) is 1. The topological polar surface area (TPSA) is 185 Å². The third-order valence-corrected chi connectivity index (χ3v) is 16.0. The molecule has 0 saturated carbocycles. The van der Waals surface area contributed by atoms with E-state index < -0.39 is 108 Å². The van der Waals surface area contributed by atoms with Crippen molar-refractivity contribution < 1.29 is 62.5 Å². The number of aryl methyl sites for hydroxylation is 1. The van der Waals surface area contributed by atoms with Crippen LogP contribution in [0.3, 0.4) is 0 Å². The van der Waals surface area contributed by atoms with E-state index in [0.717, 1.165) is 16.5 Å². The van der Waals surface area contributed by atoms with E-state index in [1.54, 1.807) is 46.6 Å². The number of carbonyl (C=O) groups is 3. The van der Waals surface area contributed by atoms with Crippen LogP contribution in [0.1, 0.15) is 107 Å². The number of carbonyl (C=O) groups excluding carboxylic acids is 3. The minimum absolute atomic E-state index is 0.121. The van der Waals surface area contributed by atoms with Crippen LogP contribution in [-0.4, -0.2) is 162 Å². The number of nitrogens with zero attached hydrogens (tertiary/aromatic N) is 3. The van der Waals surface area contributed by atoms with Gasteiger partial charge in [0.25, 0.3) is 0 Å². The molecule has 2 N–H and O–H groups in total. The molecule has 1 unspecified atom stereocenters. The number of fused-ring (bicyclic) bond motifs is 2. The van der Waals surface area contributed by atoms with E-state index in [9.17, 15) is 19.8 Å². The second-order valence-corrected chi connectivity index (χ2v) is 21.2. The van der Waals surface area contributed by atoms with Gasteiger partial charge in [-0.1, -0.05) is 57.5 Å². The first-order valence-electron chi connectivity index (χ1n) is 24.5. The fraction of sp³-hybridized carbons (Fsp3) is 0.765. The fourth-order valence-electron chi connectivity index (χ4n) is 11.6. The Morgan fingerprint density at radius 2 is 1.60 bits per heavy atom. The van der Waals surface area contributed by atoms with Crippen LogP contribution in [0.15, 0.2) is 30.3 Å². The average molecular weight is 977 g/mol. The van der Waals surface area contributed by atoms with E-state index >= 15 is 4.79 Å². The van der Waals surface area contributed by atoms with Gasteiger partial charge in [-0.05, 0) is 105 Å². The summed E-state index contributed by atoms with van der Waals surface area (Å²) in [5, 5.41) is 24.3. The first-order chi connectivity index (χ1) is 31.9. The summed E-state index contributed by atoms with van der Waals surface area (Å²) in [7, 11) is 6.85. The number of ketones is 1. The zero-order chi connectivity index (χ0) is 50.2. The highest BCUT2D eigenvalue weighted by Crippen LogP contribution is 2.45. The molecule has 1 aromatic carbocycles. The molecular formula is C51H78ClN3O13. The average Bonchev–Trinajstić information content (AvgIpc) is 3.56. The molecule has 0 aliphatic carbocycles. The first-order valence-corrected chi connectivity index (χ1v) is 24.8. The van der Waals surface area contributed by atoms with Crippen LogP contribution >= 0.6 is 11.6 Å². The molecule has 4 fully saturated rings. The standard InChI is InChI=1S/C51H78ClN3O13/c1-15-37-51(10)42(55(48(60)68-51)22-18-20-34-24-33-19-16-17-21-35(33)53-45(34)52)29(4)39(56)27(2)25-50(9,62-14)44(67-47-40(57)36(54(11)12)23-28(3)63-47)30(5)41(31(6)46(59)65-37)66-38-26-49(8,61-13)43(58)32(7)64-38/h16-17,19,21,24,27-32,36-38,40-44,47,57-58H,15,18,20,22-23,25-26H2,1-14H3/t27-,28-,29+,30+,31-,32+,36+,37-,38?,40-,41+,42+,43+,44-,47+,49-,50-,51-/m1/s1. The lowest BCUT2D eigenvalue weighted by molar-refractivity contribution is -0.319. The molecule has 0 bridgehead atoms. The van der Waals surface area contributed by atoms with Gasteiger partial charge in [0.15, 0.2) is 18.2 Å². The number of methoxy groups -OCH3 is 2. The van der Waals surface area contributed by atoms with Crippen LogP contribution in [0.2, 0.25) is 5.15 Å². The van der Waals surface area contributed by atoms with Gasteiger partial charge in [0.05, 0.1) is 53.1 Å². The number of amides is 1. The number of hydrogen-bond donors (Lipinski definition) is 2. The van der Waals surface area contributed by atoms with Crippen molar-refractivity contribution in [1.82, 2.24) is 14.8 Å². The SMILES string of the molecule is CC[C@H]1OC(=O)[C@H](C)[C@@H](OC2C[C@@](C)(OC)[C@@H](O)[C@H](C)O2)[C@H](C)[C@@H](O[C@@H]2O[C@H](C)C[C@H](N(C)C)[C@H]2O)[C@](C)(OC)C[C@@H](C)C(=O)[C@H](C)[C@@H]2N(CCCc3cc4ccccc4nc3Cl)C(=O)O[C@@]21C. The number of para-hydroxylation sites is 1. The molecule has 16 nitrogen and oxygen atoms in total. The molecule has 382 valence electrons. The summed E-state index contributed by atoms with van der Waals surface area (Å²) in [6.07, 6.45) is -6.66. The Hall–Kier alpha value is -3.03. The summed E-state index contributed by atoms with van der Waals surface area (Å²) in [5.41, 5.74) is -2.17. The minimum Gasteiger partial charge on any atom is -0.458 e. The van der Waals surface area contributed by atoms with Gasteiger partial charge in [0.2, 0.25) is 0 Å². The van der Waals surface area contributed by atoms with E-state index in [0.29, 0.717) is 24.4 Å². The molecule has 1 aromatic heterocycles. The van der Waals surface area contributed by atoms with E-state index in [-0.39, 0.29) is 43.7 Å². The molecular weight excluding hydrogens is 898 g/mol. The third-order valence-electron chi connectivity index (χ3n) is 15.7. The summed E-state index contributed by atoms with van der Waals surface area (Å²) in [6, 6.07) is 8.58. The second-order valence-electron chi connectivity index (χ2n) is 20.9. The second kappa shape index (κ2) is 21.8. The van der Waals surface area contributed by atoms with Gasteiger partial charge in [-0.2, -0.15) is 0 Å². The van der Waals surface area contributed by atoms with Gasteiger partial charge in [-0.15, -0.1) is 0 Å². The molecule has 0 radical (unpaired) electrons. The van der Waals surface area contributed by atoms with Crippen molar-refractivity contribution in [3.8, 4) is 0 Å². The van der Waals surface area contributed by atoms with Crippen LogP contribution < -0.4 is 0 Å². The van der Waals surface area contributed by atoms with Crippen LogP contribution in [0, 0.1) is 23.7 Å². The predicted octanol–water partition coefficient (Wildman–Crippen LogP) is 6.74. The lowest BCUT2D eigenvalue weighted by Gasteiger charge is -2.50. The molecule has 18 atom stereocenters. The number of aliphatic hydroxyl groups excluding tert-OH is 2. The third kappa shape index (κ3) is 10.9. The summed E-state index contributed by atoms with van der Waals surface area (Å²) < 4.78 is 51.7. The Kier molecular flexibility index (Phi) is 17.4. The first kappa shape index (κ1) is 54.3. The Bertz CT molecular complexity index is 2080.